The standard InChI is InChI=1S/C11H18N4/c1-2-9-13-10-7-8(11(12)4-5-11)3-6-15(10)14-9/h8H,2-7,12H2,1H3. The van der Waals surface area contributed by atoms with E-state index in [0.29, 0.717) is 5.92 Å². The second-order valence-electron chi connectivity index (χ2n) is 4.94. The highest BCUT2D eigenvalue weighted by atomic mass is 15.3. The minimum atomic E-state index is 0.142. The highest BCUT2D eigenvalue weighted by Crippen LogP contribution is 2.43. The molecular formula is C11H18N4. The zero-order valence-electron chi connectivity index (χ0n) is 9.24. The molecule has 0 bridgehead atoms. The summed E-state index contributed by atoms with van der Waals surface area (Å²) in [6.07, 6.45) is 5.54. The molecule has 1 saturated carbocycles. The van der Waals surface area contributed by atoms with Crippen LogP contribution >= 0.6 is 0 Å². The molecule has 0 amide bonds. The van der Waals surface area contributed by atoms with Crippen LogP contribution in [0.15, 0.2) is 0 Å². The van der Waals surface area contributed by atoms with E-state index in [0.717, 1.165) is 31.0 Å². The topological polar surface area (TPSA) is 56.7 Å². The summed E-state index contributed by atoms with van der Waals surface area (Å²) in [5.41, 5.74) is 6.40. The van der Waals surface area contributed by atoms with E-state index < -0.39 is 0 Å². The highest BCUT2D eigenvalue weighted by Gasteiger charge is 2.46. The van der Waals surface area contributed by atoms with Gasteiger partial charge in [0.25, 0.3) is 0 Å². The Morgan fingerprint density at radius 3 is 3.00 bits per heavy atom. The smallest absolute Gasteiger partial charge is 0.150 e. The summed E-state index contributed by atoms with van der Waals surface area (Å²) in [6.45, 7) is 3.11. The van der Waals surface area contributed by atoms with Crippen LogP contribution in [0.1, 0.15) is 37.8 Å². The van der Waals surface area contributed by atoms with Crippen molar-refractivity contribution in [3.8, 4) is 0 Å². The number of aryl methyl sites for hydroxylation is 2. The number of fused-ring (bicyclic) bond motifs is 1. The van der Waals surface area contributed by atoms with Crippen molar-refractivity contribution in [3.63, 3.8) is 0 Å². The molecule has 1 fully saturated rings. The maximum atomic E-state index is 6.26. The molecule has 1 aromatic heterocycles. The molecule has 0 saturated heterocycles. The predicted octanol–water partition coefficient (Wildman–Crippen LogP) is 0.894. The van der Waals surface area contributed by atoms with Crippen molar-refractivity contribution in [2.75, 3.05) is 0 Å². The number of hydrogen-bond donors (Lipinski definition) is 1. The number of aromatic nitrogens is 3. The van der Waals surface area contributed by atoms with Crippen LogP contribution in [0.4, 0.5) is 0 Å². The molecule has 15 heavy (non-hydrogen) atoms. The van der Waals surface area contributed by atoms with Gasteiger partial charge in [0.05, 0.1) is 0 Å². The van der Waals surface area contributed by atoms with Crippen molar-refractivity contribution in [1.29, 1.82) is 0 Å². The van der Waals surface area contributed by atoms with Gasteiger partial charge < -0.3 is 5.73 Å². The lowest BCUT2D eigenvalue weighted by Gasteiger charge is -2.27. The van der Waals surface area contributed by atoms with Crippen LogP contribution in [-0.4, -0.2) is 20.3 Å². The molecule has 82 valence electrons. The predicted molar refractivity (Wildman–Crippen MR) is 57.4 cm³/mol. The lowest BCUT2D eigenvalue weighted by atomic mass is 9.89. The Kier molecular flexibility index (Phi) is 1.89. The van der Waals surface area contributed by atoms with Crippen molar-refractivity contribution >= 4 is 0 Å². The fourth-order valence-corrected chi connectivity index (χ4v) is 2.55. The van der Waals surface area contributed by atoms with Gasteiger partial charge in [-0.1, -0.05) is 6.92 Å². The van der Waals surface area contributed by atoms with E-state index in [1.165, 1.54) is 19.3 Å². The summed E-state index contributed by atoms with van der Waals surface area (Å²) >= 11 is 0. The Bertz CT molecular complexity index is 378. The SMILES string of the molecule is CCc1nc2n(n1)CCC(C1(N)CC1)C2. The van der Waals surface area contributed by atoms with Crippen molar-refractivity contribution in [2.24, 2.45) is 11.7 Å². The Morgan fingerprint density at radius 1 is 1.53 bits per heavy atom. The number of hydrogen-bond acceptors (Lipinski definition) is 3. The van der Waals surface area contributed by atoms with Crippen LogP contribution in [0, 0.1) is 5.92 Å². The van der Waals surface area contributed by atoms with Gasteiger partial charge in [-0.2, -0.15) is 5.10 Å². The van der Waals surface area contributed by atoms with Crippen LogP contribution in [0.3, 0.4) is 0 Å². The van der Waals surface area contributed by atoms with Gasteiger partial charge >= 0.3 is 0 Å². The molecule has 1 aromatic rings. The number of rotatable bonds is 2. The van der Waals surface area contributed by atoms with Crippen LogP contribution in [0.2, 0.25) is 0 Å². The molecule has 2 N–H and O–H groups in total. The third-order valence-corrected chi connectivity index (χ3v) is 3.87. The molecule has 0 radical (unpaired) electrons. The first-order valence-corrected chi connectivity index (χ1v) is 5.93. The Labute approximate surface area is 89.9 Å². The summed E-state index contributed by atoms with van der Waals surface area (Å²) in [6, 6.07) is 0. The molecule has 1 unspecified atom stereocenters. The lowest BCUT2D eigenvalue weighted by Crippen LogP contribution is -2.37. The van der Waals surface area contributed by atoms with Crippen molar-refractivity contribution < 1.29 is 0 Å². The van der Waals surface area contributed by atoms with E-state index in [-0.39, 0.29) is 5.54 Å². The Morgan fingerprint density at radius 2 is 2.33 bits per heavy atom. The summed E-state index contributed by atoms with van der Waals surface area (Å²) < 4.78 is 2.07. The molecule has 4 heteroatoms. The van der Waals surface area contributed by atoms with Crippen LogP contribution in [-0.2, 0) is 19.4 Å². The zero-order chi connectivity index (χ0) is 10.5. The average molecular weight is 206 g/mol. The average Bonchev–Trinajstić information content (AvgIpc) is 2.86. The fraction of sp³-hybridized carbons (Fsp3) is 0.818. The maximum Gasteiger partial charge on any atom is 0.150 e. The molecule has 1 aliphatic carbocycles. The normalized spacial score (nSPS) is 27.5. The van der Waals surface area contributed by atoms with Crippen LogP contribution < -0.4 is 5.73 Å². The molecule has 1 atom stereocenters. The number of nitrogens with zero attached hydrogens (tertiary/aromatic N) is 3. The molecule has 2 aliphatic rings. The Balaban J connectivity index is 1.83. The van der Waals surface area contributed by atoms with E-state index >= 15 is 0 Å². The molecule has 0 aromatic carbocycles. The molecule has 2 heterocycles. The van der Waals surface area contributed by atoms with Gasteiger partial charge in [-0.3, -0.25) is 0 Å². The maximum absolute atomic E-state index is 6.26. The lowest BCUT2D eigenvalue weighted by molar-refractivity contribution is 0.299. The zero-order valence-corrected chi connectivity index (χ0v) is 9.24. The monoisotopic (exact) mass is 206 g/mol. The van der Waals surface area contributed by atoms with Gasteiger partial charge in [0.1, 0.15) is 5.82 Å². The first-order valence-electron chi connectivity index (χ1n) is 5.93. The van der Waals surface area contributed by atoms with Gasteiger partial charge in [0.15, 0.2) is 5.82 Å². The highest BCUT2D eigenvalue weighted by molar-refractivity contribution is 5.09. The fourth-order valence-electron chi connectivity index (χ4n) is 2.55. The summed E-state index contributed by atoms with van der Waals surface area (Å²) in [7, 11) is 0. The van der Waals surface area contributed by atoms with Gasteiger partial charge in [-0.15, -0.1) is 0 Å². The third kappa shape index (κ3) is 1.47. The molecule has 1 aliphatic heterocycles. The minimum Gasteiger partial charge on any atom is -0.325 e. The molecule has 3 rings (SSSR count). The molecule has 4 nitrogen and oxygen atoms in total. The number of nitrogens with two attached hydrogens (primary N) is 1. The molecular weight excluding hydrogens is 188 g/mol. The van der Waals surface area contributed by atoms with Gasteiger partial charge in [0, 0.05) is 24.9 Å². The summed E-state index contributed by atoms with van der Waals surface area (Å²) in [4.78, 5) is 4.56. The third-order valence-electron chi connectivity index (χ3n) is 3.87. The summed E-state index contributed by atoms with van der Waals surface area (Å²) in [5.74, 6) is 2.77. The van der Waals surface area contributed by atoms with Gasteiger partial charge in [0.2, 0.25) is 0 Å². The van der Waals surface area contributed by atoms with E-state index in [1.54, 1.807) is 0 Å². The Hall–Kier alpha value is -0.900. The second-order valence-corrected chi connectivity index (χ2v) is 4.94. The van der Waals surface area contributed by atoms with Crippen molar-refractivity contribution in [2.45, 2.75) is 51.1 Å². The van der Waals surface area contributed by atoms with Crippen molar-refractivity contribution in [3.05, 3.63) is 11.6 Å². The van der Waals surface area contributed by atoms with E-state index in [2.05, 4.69) is 21.7 Å². The first-order chi connectivity index (χ1) is 7.21. The van der Waals surface area contributed by atoms with Gasteiger partial charge in [-0.05, 0) is 25.2 Å². The van der Waals surface area contributed by atoms with E-state index in [4.69, 9.17) is 5.73 Å². The molecule has 0 spiro atoms. The van der Waals surface area contributed by atoms with E-state index in [1.807, 2.05) is 0 Å². The van der Waals surface area contributed by atoms with Crippen LogP contribution in [0.25, 0.3) is 0 Å². The van der Waals surface area contributed by atoms with Crippen LogP contribution in [0.5, 0.6) is 0 Å². The largest absolute Gasteiger partial charge is 0.325 e. The first kappa shape index (κ1) is 9.33. The summed E-state index contributed by atoms with van der Waals surface area (Å²) in [5, 5.41) is 4.47. The quantitative estimate of drug-likeness (QED) is 0.782. The second kappa shape index (κ2) is 3.04. The van der Waals surface area contributed by atoms with E-state index in [9.17, 15) is 0 Å². The van der Waals surface area contributed by atoms with Gasteiger partial charge in [-0.25, -0.2) is 9.67 Å². The minimum absolute atomic E-state index is 0.142. The van der Waals surface area contributed by atoms with Crippen molar-refractivity contribution in [1.82, 2.24) is 14.8 Å².